The molecule has 4 nitrogen and oxygen atoms in total. The predicted octanol–water partition coefficient (Wildman–Crippen LogP) is 1.97. The molecule has 0 radical (unpaired) electrons. The van der Waals surface area contributed by atoms with E-state index < -0.39 is 5.60 Å². The van der Waals surface area contributed by atoms with Gasteiger partial charge >= 0.3 is 0 Å². The summed E-state index contributed by atoms with van der Waals surface area (Å²) in [6, 6.07) is 0.0816. The van der Waals surface area contributed by atoms with Crippen LogP contribution < -0.4 is 10.6 Å². The SMILES string of the molecule is [CH2-][NH2+][C@H]1[C@@H]2[C@@H](CC[C@]1(C)O)[C@](C)([NH2+][CH2-])CC[C@H]2[C@]1(C)CC[C@@H](Cl)C(C)(C)O1. The lowest BCUT2D eigenvalue weighted by molar-refractivity contribution is -0.703. The van der Waals surface area contributed by atoms with E-state index in [0.29, 0.717) is 17.8 Å². The molecule has 2 aliphatic carbocycles. The fourth-order valence-electron chi connectivity index (χ4n) is 6.73. The topological polar surface area (TPSA) is 62.7 Å². The van der Waals surface area contributed by atoms with Crippen LogP contribution in [0.15, 0.2) is 0 Å². The lowest BCUT2D eigenvalue weighted by Crippen LogP contribution is -2.98. The van der Waals surface area contributed by atoms with E-state index in [1.54, 1.807) is 0 Å². The normalized spacial score (nSPS) is 53.0. The third-order valence-electron chi connectivity index (χ3n) is 8.51. The number of ether oxygens (including phenoxy) is 1. The van der Waals surface area contributed by atoms with Crippen molar-refractivity contribution in [1.29, 1.82) is 0 Å². The van der Waals surface area contributed by atoms with E-state index in [1.807, 2.05) is 12.2 Å². The Morgan fingerprint density at radius 2 is 1.59 bits per heavy atom. The number of aliphatic hydroxyl groups is 1. The second kappa shape index (κ2) is 7.12. The molecule has 3 aliphatic rings. The smallest absolute Gasteiger partial charge is 0.111 e. The van der Waals surface area contributed by atoms with Crippen LogP contribution >= 0.6 is 11.6 Å². The third kappa shape index (κ3) is 3.59. The van der Waals surface area contributed by atoms with Crippen molar-refractivity contribution in [3.8, 4) is 0 Å². The van der Waals surface area contributed by atoms with Gasteiger partial charge in [-0.3, -0.25) is 0 Å². The third-order valence-corrected chi connectivity index (χ3v) is 9.26. The molecule has 1 saturated heterocycles. The van der Waals surface area contributed by atoms with Crippen molar-refractivity contribution in [3.63, 3.8) is 0 Å². The Kier molecular flexibility index (Phi) is 5.76. The van der Waals surface area contributed by atoms with Crippen molar-refractivity contribution in [2.75, 3.05) is 0 Å². The number of rotatable bonds is 3. The Balaban J connectivity index is 2.00. The molecule has 1 heterocycles. The van der Waals surface area contributed by atoms with Crippen LogP contribution in [0.3, 0.4) is 0 Å². The summed E-state index contributed by atoms with van der Waals surface area (Å²) in [6.45, 7) is 10.9. The van der Waals surface area contributed by atoms with Crippen molar-refractivity contribution >= 4 is 11.6 Å². The minimum atomic E-state index is -0.698. The van der Waals surface area contributed by atoms with Crippen LogP contribution in [0.25, 0.3) is 0 Å². The maximum Gasteiger partial charge on any atom is 0.111 e. The molecule has 3 rings (SSSR count). The first-order valence-electron chi connectivity index (χ1n) is 10.7. The van der Waals surface area contributed by atoms with E-state index in [9.17, 15) is 5.11 Å². The number of halogens is 1. The lowest BCUT2D eigenvalue weighted by Gasteiger charge is -2.61. The average Bonchev–Trinajstić information content (AvgIpc) is 2.57. The summed E-state index contributed by atoms with van der Waals surface area (Å²) in [4.78, 5) is 0. The van der Waals surface area contributed by atoms with Crippen LogP contribution in [0.5, 0.6) is 0 Å². The predicted molar refractivity (Wildman–Crippen MR) is 109 cm³/mol. The van der Waals surface area contributed by atoms with Gasteiger partial charge in [0.1, 0.15) is 5.60 Å². The zero-order valence-electron chi connectivity index (χ0n) is 17.9. The molecule has 158 valence electrons. The first-order valence-corrected chi connectivity index (χ1v) is 11.2. The van der Waals surface area contributed by atoms with Crippen LogP contribution in [0.1, 0.15) is 73.1 Å². The van der Waals surface area contributed by atoms with Crippen LogP contribution in [0, 0.1) is 31.8 Å². The molecule has 0 aromatic heterocycles. The molecule has 3 fully saturated rings. The van der Waals surface area contributed by atoms with Gasteiger partial charge < -0.3 is 20.5 Å². The Labute approximate surface area is 171 Å². The first kappa shape index (κ1) is 21.8. The lowest BCUT2D eigenvalue weighted by atomic mass is 9.50. The zero-order chi connectivity index (χ0) is 20.3. The van der Waals surface area contributed by atoms with Crippen LogP contribution in [0.4, 0.5) is 0 Å². The number of alkyl halides is 1. The fourth-order valence-corrected chi connectivity index (χ4v) is 6.88. The minimum absolute atomic E-state index is 0.0491. The van der Waals surface area contributed by atoms with E-state index in [0.717, 1.165) is 38.5 Å². The van der Waals surface area contributed by atoms with Gasteiger partial charge in [0, 0.05) is 18.3 Å². The highest BCUT2D eigenvalue weighted by molar-refractivity contribution is 6.21. The second-order valence-corrected chi connectivity index (χ2v) is 11.2. The molecule has 0 amide bonds. The molecule has 0 aromatic carbocycles. The van der Waals surface area contributed by atoms with Gasteiger partial charge in [-0.1, -0.05) is 0 Å². The van der Waals surface area contributed by atoms with E-state index in [4.69, 9.17) is 16.3 Å². The van der Waals surface area contributed by atoms with E-state index in [2.05, 4.69) is 47.1 Å². The summed E-state index contributed by atoms with van der Waals surface area (Å²) in [6.07, 6.45) is 6.07. The van der Waals surface area contributed by atoms with Crippen LogP contribution in [0.2, 0.25) is 0 Å². The van der Waals surface area contributed by atoms with Crippen molar-refractivity contribution in [3.05, 3.63) is 14.1 Å². The quantitative estimate of drug-likeness (QED) is 0.501. The van der Waals surface area contributed by atoms with Gasteiger partial charge in [0.15, 0.2) is 0 Å². The Morgan fingerprint density at radius 3 is 2.15 bits per heavy atom. The average molecular weight is 401 g/mol. The Bertz CT molecular complexity index is 554. The van der Waals surface area contributed by atoms with Crippen LogP contribution in [-0.2, 0) is 4.74 Å². The molecule has 0 unspecified atom stereocenters. The highest BCUT2D eigenvalue weighted by atomic mass is 35.5. The molecular formula is C22H41ClN2O2. The Hall–Kier alpha value is 0.130. The largest absolute Gasteiger partial charge is 0.474 e. The van der Waals surface area contributed by atoms with Gasteiger partial charge in [-0.05, 0) is 72.6 Å². The maximum absolute atomic E-state index is 11.2. The molecule has 1 aliphatic heterocycles. The summed E-state index contributed by atoms with van der Waals surface area (Å²) < 4.78 is 6.75. The van der Waals surface area contributed by atoms with Crippen molar-refractivity contribution in [2.24, 2.45) is 17.8 Å². The highest BCUT2D eigenvalue weighted by Gasteiger charge is 2.62. The highest BCUT2D eigenvalue weighted by Crippen LogP contribution is 2.55. The van der Waals surface area contributed by atoms with E-state index >= 15 is 0 Å². The molecular weight excluding hydrogens is 360 g/mol. The molecule has 0 aromatic rings. The summed E-state index contributed by atoms with van der Waals surface area (Å²) in [5, 5.41) is 15.4. The molecule has 5 N–H and O–H groups in total. The van der Waals surface area contributed by atoms with Gasteiger partial charge in [0.25, 0.3) is 0 Å². The van der Waals surface area contributed by atoms with Gasteiger partial charge in [0.05, 0.1) is 28.2 Å². The van der Waals surface area contributed by atoms with Gasteiger partial charge in [-0.25, -0.2) is 0 Å². The van der Waals surface area contributed by atoms with Gasteiger partial charge in [-0.2, -0.15) is 14.1 Å². The van der Waals surface area contributed by atoms with E-state index in [1.165, 1.54) is 0 Å². The number of hydrogen-bond donors (Lipinski definition) is 3. The summed E-state index contributed by atoms with van der Waals surface area (Å²) >= 11 is 6.59. The van der Waals surface area contributed by atoms with Crippen molar-refractivity contribution in [1.82, 2.24) is 0 Å². The fraction of sp³-hybridized carbons (Fsp3) is 0.909. The number of quaternary nitrogens is 2. The first-order chi connectivity index (χ1) is 12.4. The second-order valence-electron chi connectivity index (χ2n) is 10.7. The maximum atomic E-state index is 11.2. The van der Waals surface area contributed by atoms with Crippen LogP contribution in [-0.4, -0.2) is 38.9 Å². The number of hydrogen-bond acceptors (Lipinski definition) is 2. The van der Waals surface area contributed by atoms with Gasteiger partial charge in [0.2, 0.25) is 0 Å². The summed E-state index contributed by atoms with van der Waals surface area (Å²) in [7, 11) is 8.33. The van der Waals surface area contributed by atoms with Crippen molar-refractivity contribution in [2.45, 2.75) is 107 Å². The number of fused-ring (bicyclic) bond motifs is 1. The molecule has 8 atom stereocenters. The molecule has 0 spiro atoms. The summed E-state index contributed by atoms with van der Waals surface area (Å²) in [5.41, 5.74) is -1.12. The molecule has 2 saturated carbocycles. The zero-order valence-corrected chi connectivity index (χ0v) is 18.7. The number of nitrogens with two attached hydrogens (primary N) is 2. The molecule has 27 heavy (non-hydrogen) atoms. The molecule has 0 bridgehead atoms. The summed E-state index contributed by atoms with van der Waals surface area (Å²) in [5.74, 6) is 1.26. The van der Waals surface area contributed by atoms with Gasteiger partial charge in [-0.15, -0.1) is 11.6 Å². The monoisotopic (exact) mass is 400 g/mol. The van der Waals surface area contributed by atoms with Crippen molar-refractivity contribution < 1.29 is 20.5 Å². The molecule has 5 heteroatoms. The standard InChI is InChI=1S/C22H41ClN2O2/c1-19(2)16(23)10-13-22(5,27-19)15-8-11-20(3,25-7)14-9-12-21(4,26)18(24-6)17(14)15/h14-18,26H,6-13,24-25H2,1-5H3/t14-,15-,16-,17-,18+,20-,21+,22+/m1/s1. The van der Waals surface area contributed by atoms with E-state index in [-0.39, 0.29) is 28.2 Å². The Morgan fingerprint density at radius 1 is 0.963 bits per heavy atom. The minimum Gasteiger partial charge on any atom is -0.474 e.